The van der Waals surface area contributed by atoms with E-state index in [9.17, 15) is 29.7 Å². The Balaban J connectivity index is 0.000000152. The molecule has 61 heavy (non-hydrogen) atoms. The molecule has 0 unspecified atom stereocenters. The molecule has 6 aromatic rings. The van der Waals surface area contributed by atoms with Gasteiger partial charge in [-0.2, -0.15) is 0 Å². The van der Waals surface area contributed by atoms with Crippen molar-refractivity contribution < 1.29 is 61.3 Å². The van der Waals surface area contributed by atoms with Gasteiger partial charge in [0.2, 0.25) is 0 Å². The molecule has 309 valence electrons. The molecule has 0 aromatic heterocycles. The van der Waals surface area contributed by atoms with Crippen molar-refractivity contribution in [2.24, 2.45) is 0 Å². The number of rotatable bonds is 6. The average Bonchev–Trinajstić information content (AvgIpc) is 3.22. The zero-order chi connectivity index (χ0) is 42.8. The van der Waals surface area contributed by atoms with Crippen molar-refractivity contribution in [2.75, 3.05) is 0 Å². The molecule has 0 aliphatic carbocycles. The van der Waals surface area contributed by atoms with E-state index in [-0.39, 0.29) is 51.8 Å². The molecule has 6 aromatic carbocycles. The topological polar surface area (TPSA) is 148 Å². The van der Waals surface area contributed by atoms with Gasteiger partial charge in [0.25, 0.3) is 0 Å². The minimum Gasteiger partial charge on any atom is -0.545 e. The number of fused-ring (bicyclic) bond motifs is 6. The maximum absolute atomic E-state index is 11.5. The number of para-hydroxylation sites is 3. The minimum absolute atomic E-state index is 0. The number of carbonyl (C=O) groups excluding carboxylic acids is 3. The molecule has 3 heterocycles. The van der Waals surface area contributed by atoms with Gasteiger partial charge in [0.05, 0.1) is 17.9 Å². The van der Waals surface area contributed by atoms with Crippen LogP contribution >= 0.6 is 0 Å². The van der Waals surface area contributed by atoms with E-state index in [1.807, 2.05) is 151 Å². The van der Waals surface area contributed by atoms with Crippen LogP contribution in [0.3, 0.4) is 0 Å². The standard InChI is InChI=1S/3C17H16O3.Cr/c3*1-10(2)12-7-8-15-13(16(12)17(18)19)9-11-5-3-4-6-14(11)20-15;/h3*3-8,10H,9H2,1-2H3,(H,18,19);/q;;;+3/p-3. The van der Waals surface area contributed by atoms with Crippen LogP contribution in [0.4, 0.5) is 0 Å². The number of carboxylic acids is 3. The Labute approximate surface area is 366 Å². The van der Waals surface area contributed by atoms with Gasteiger partial charge in [-0.15, -0.1) is 0 Å². The maximum atomic E-state index is 11.5. The molecule has 9 nitrogen and oxygen atoms in total. The quantitative estimate of drug-likeness (QED) is 0.160. The second-order valence-corrected chi connectivity index (χ2v) is 16.0. The summed E-state index contributed by atoms with van der Waals surface area (Å²) in [6.07, 6.45) is 1.69. The van der Waals surface area contributed by atoms with Gasteiger partial charge in [0.1, 0.15) is 34.5 Å². The molecule has 3 aliphatic heterocycles. The number of carbonyl (C=O) groups is 3. The number of benzene rings is 6. The smallest absolute Gasteiger partial charge is 0.545 e. The van der Waals surface area contributed by atoms with Crippen molar-refractivity contribution in [3.05, 3.63) is 176 Å². The molecule has 3 aliphatic rings. The van der Waals surface area contributed by atoms with E-state index in [2.05, 4.69) is 0 Å². The molecule has 1 radical (unpaired) electrons. The van der Waals surface area contributed by atoms with Crippen LogP contribution in [0.2, 0.25) is 0 Å². The predicted octanol–water partition coefficient (Wildman–Crippen LogP) is 8.61. The third kappa shape index (κ3) is 9.07. The number of ether oxygens (including phenoxy) is 3. The molecule has 10 heteroatoms. The first-order valence-corrected chi connectivity index (χ1v) is 20.1. The van der Waals surface area contributed by atoms with Crippen LogP contribution in [-0.4, -0.2) is 17.9 Å². The van der Waals surface area contributed by atoms with Crippen molar-refractivity contribution in [3.8, 4) is 34.5 Å². The van der Waals surface area contributed by atoms with Crippen LogP contribution in [0.5, 0.6) is 34.5 Å². The number of aromatic carboxylic acids is 3. The molecular weight excluding hydrogens is 809 g/mol. The van der Waals surface area contributed by atoms with E-state index >= 15 is 0 Å². The molecule has 0 N–H and O–H groups in total. The number of hydrogen-bond donors (Lipinski definition) is 0. The summed E-state index contributed by atoms with van der Waals surface area (Å²) in [4.78, 5) is 34.6. The third-order valence-corrected chi connectivity index (χ3v) is 11.1. The van der Waals surface area contributed by atoms with E-state index < -0.39 is 17.9 Å². The monoisotopic (exact) mass is 853 g/mol. The number of carboxylic acid groups (broad SMARTS) is 3. The van der Waals surface area contributed by atoms with Gasteiger partial charge in [0.15, 0.2) is 0 Å². The Kier molecular flexibility index (Phi) is 13.4. The Bertz CT molecular complexity index is 2350. The fourth-order valence-corrected chi connectivity index (χ4v) is 8.10. The largest absolute Gasteiger partial charge is 3.00 e. The van der Waals surface area contributed by atoms with E-state index in [0.29, 0.717) is 36.5 Å². The fraction of sp³-hybridized carbons (Fsp3) is 0.235. The summed E-state index contributed by atoms with van der Waals surface area (Å²) in [5, 5.41) is 34.6. The van der Waals surface area contributed by atoms with Crippen molar-refractivity contribution >= 4 is 17.9 Å². The first-order valence-electron chi connectivity index (χ1n) is 20.1. The van der Waals surface area contributed by atoms with Crippen LogP contribution in [0, 0.1) is 0 Å². The summed E-state index contributed by atoms with van der Waals surface area (Å²) in [6, 6.07) is 34.1. The predicted molar refractivity (Wildman–Crippen MR) is 223 cm³/mol. The normalized spacial score (nSPS) is 12.3. The van der Waals surface area contributed by atoms with Gasteiger partial charge in [-0.05, 0) is 87.5 Å². The van der Waals surface area contributed by atoms with Gasteiger partial charge in [-0.25, -0.2) is 0 Å². The summed E-state index contributed by atoms with van der Waals surface area (Å²) in [5.41, 5.74) is 8.41. The molecule has 0 amide bonds. The second kappa shape index (κ2) is 18.5. The summed E-state index contributed by atoms with van der Waals surface area (Å²) in [6.45, 7) is 11.9. The van der Waals surface area contributed by atoms with Crippen LogP contribution in [-0.2, 0) is 36.6 Å². The van der Waals surface area contributed by atoms with Crippen molar-refractivity contribution in [2.45, 2.75) is 78.6 Å². The van der Waals surface area contributed by atoms with E-state index in [1.165, 1.54) is 0 Å². The van der Waals surface area contributed by atoms with Gasteiger partial charge in [0, 0.05) is 52.6 Å². The molecule has 9 rings (SSSR count). The maximum Gasteiger partial charge on any atom is 3.00 e. The van der Waals surface area contributed by atoms with Crippen molar-refractivity contribution in [1.29, 1.82) is 0 Å². The van der Waals surface area contributed by atoms with E-state index in [0.717, 1.165) is 67.3 Å². The van der Waals surface area contributed by atoms with Crippen molar-refractivity contribution in [1.82, 2.24) is 0 Å². The Morgan fingerprint density at radius 2 is 0.639 bits per heavy atom. The molecular formula is C51H45CrO9. The van der Waals surface area contributed by atoms with Gasteiger partial charge < -0.3 is 43.9 Å². The zero-order valence-corrected chi connectivity index (χ0v) is 36.1. The average molecular weight is 854 g/mol. The Hall–Kier alpha value is -6.34. The summed E-state index contributed by atoms with van der Waals surface area (Å²) >= 11 is 0. The SMILES string of the molecule is CC(C)c1ccc2c(c1C(=O)[O-])Cc1ccccc1O2.CC(C)c1ccc2c(c1C(=O)[O-])Cc1ccccc1O2.CC(C)c1ccc2c(c1C(=O)[O-])Cc1ccccc1O2.[Cr+3]. The molecule has 0 saturated carbocycles. The molecule has 0 bridgehead atoms. The summed E-state index contributed by atoms with van der Waals surface area (Å²) in [7, 11) is 0. The van der Waals surface area contributed by atoms with Crippen LogP contribution < -0.4 is 29.5 Å². The first-order chi connectivity index (χ1) is 28.7. The minimum atomic E-state index is -1.13. The molecule has 0 fully saturated rings. The van der Waals surface area contributed by atoms with E-state index in [1.54, 1.807) is 0 Å². The summed E-state index contributed by atoms with van der Waals surface area (Å²) in [5.74, 6) is 1.23. The van der Waals surface area contributed by atoms with Crippen LogP contribution in [0.25, 0.3) is 0 Å². The van der Waals surface area contributed by atoms with Crippen LogP contribution in [0.1, 0.15) is 140 Å². The molecule has 0 saturated heterocycles. The molecule has 0 spiro atoms. The molecule has 0 atom stereocenters. The summed E-state index contributed by atoms with van der Waals surface area (Å²) < 4.78 is 17.4. The number of hydrogen-bond acceptors (Lipinski definition) is 9. The van der Waals surface area contributed by atoms with Crippen LogP contribution in [0.15, 0.2) is 109 Å². The Morgan fingerprint density at radius 3 is 0.869 bits per heavy atom. The first kappa shape index (κ1) is 44.2. The van der Waals surface area contributed by atoms with E-state index in [4.69, 9.17) is 14.2 Å². The fourth-order valence-electron chi connectivity index (χ4n) is 8.10. The Morgan fingerprint density at radius 1 is 0.393 bits per heavy atom. The third-order valence-electron chi connectivity index (χ3n) is 11.1. The zero-order valence-electron chi connectivity index (χ0n) is 34.8. The van der Waals surface area contributed by atoms with Gasteiger partial charge in [-0.1, -0.05) is 114 Å². The van der Waals surface area contributed by atoms with Crippen molar-refractivity contribution in [3.63, 3.8) is 0 Å². The second-order valence-electron chi connectivity index (χ2n) is 16.0. The van der Waals surface area contributed by atoms with Gasteiger partial charge in [-0.3, -0.25) is 0 Å². The van der Waals surface area contributed by atoms with Gasteiger partial charge >= 0.3 is 17.4 Å².